The van der Waals surface area contributed by atoms with Crippen molar-refractivity contribution in [3.05, 3.63) is 54.6 Å². The molecule has 0 radical (unpaired) electrons. The number of anilines is 5. The fourth-order valence-electron chi connectivity index (χ4n) is 2.21. The number of benzene rings is 2. The van der Waals surface area contributed by atoms with E-state index in [1.54, 1.807) is 20.3 Å². The number of nitrogens with two attached hydrogens (primary N) is 1. The van der Waals surface area contributed by atoms with E-state index in [0.29, 0.717) is 17.6 Å². The molecule has 0 aliphatic heterocycles. The smallest absolute Gasteiger partial charge is 0.231 e. The summed E-state index contributed by atoms with van der Waals surface area (Å²) in [6.07, 6.45) is 0. The first-order valence-electron chi connectivity index (χ1n) is 7.63. The van der Waals surface area contributed by atoms with Gasteiger partial charge in [0.25, 0.3) is 0 Å². The minimum Gasteiger partial charge on any atom is -0.497 e. The monoisotopic (exact) mass is 337 g/mol. The molecule has 0 unspecified atom stereocenters. The molecular weight excluding hydrogens is 318 g/mol. The largest absolute Gasteiger partial charge is 0.497 e. The first-order valence-corrected chi connectivity index (χ1v) is 7.63. The highest BCUT2D eigenvalue weighted by Gasteiger charge is 2.05. The van der Waals surface area contributed by atoms with Crippen LogP contribution in [0.1, 0.15) is 0 Å². The van der Waals surface area contributed by atoms with Gasteiger partial charge in [0.2, 0.25) is 5.95 Å². The number of nitrogens with one attached hydrogen (secondary N) is 2. The molecular formula is C18H19N5O2. The number of nitrogens with zero attached hydrogens (tertiary/aromatic N) is 2. The van der Waals surface area contributed by atoms with Gasteiger partial charge in [-0.1, -0.05) is 0 Å². The second-order valence-corrected chi connectivity index (χ2v) is 5.21. The molecule has 2 aromatic carbocycles. The number of ether oxygens (including phenoxy) is 2. The molecule has 25 heavy (non-hydrogen) atoms. The number of methoxy groups -OCH3 is 2. The molecule has 4 N–H and O–H groups in total. The van der Waals surface area contributed by atoms with E-state index in [1.165, 1.54) is 0 Å². The predicted molar refractivity (Wildman–Crippen MR) is 99.0 cm³/mol. The van der Waals surface area contributed by atoms with Gasteiger partial charge in [0, 0.05) is 17.4 Å². The van der Waals surface area contributed by atoms with Gasteiger partial charge in [0.1, 0.15) is 23.1 Å². The van der Waals surface area contributed by atoms with Crippen LogP contribution in [-0.2, 0) is 0 Å². The highest BCUT2D eigenvalue weighted by molar-refractivity contribution is 5.63. The molecule has 0 atom stereocenters. The standard InChI is InChI=1S/C18H19N5O2/c1-24-14-7-3-12(4-8-14)20-17-11-16(19)22-18(23-17)21-13-5-9-15(25-2)10-6-13/h3-11H,1-2H3,(H4,19,20,21,22,23). The Kier molecular flexibility index (Phi) is 4.84. The Balaban J connectivity index is 1.76. The quantitative estimate of drug-likeness (QED) is 0.633. The first kappa shape index (κ1) is 16.4. The van der Waals surface area contributed by atoms with Gasteiger partial charge in [-0.15, -0.1) is 0 Å². The molecule has 0 aliphatic rings. The molecule has 0 saturated carbocycles. The summed E-state index contributed by atoms with van der Waals surface area (Å²) in [6, 6.07) is 16.7. The molecule has 3 rings (SSSR count). The summed E-state index contributed by atoms with van der Waals surface area (Å²) in [7, 11) is 3.26. The van der Waals surface area contributed by atoms with Gasteiger partial charge in [0.15, 0.2) is 0 Å². The van der Waals surface area contributed by atoms with Crippen molar-refractivity contribution >= 4 is 29.0 Å². The Bertz CT molecular complexity index is 767. The minimum absolute atomic E-state index is 0.363. The fraction of sp³-hybridized carbons (Fsp3) is 0.111. The summed E-state index contributed by atoms with van der Waals surface area (Å²) in [5, 5.41) is 6.32. The summed E-state index contributed by atoms with van der Waals surface area (Å²) in [5.74, 6) is 2.92. The third-order valence-electron chi connectivity index (χ3n) is 3.45. The number of nitrogen functional groups attached to an aromatic ring is 1. The topological polar surface area (TPSA) is 94.3 Å². The maximum absolute atomic E-state index is 5.89. The number of hydrogen-bond acceptors (Lipinski definition) is 7. The van der Waals surface area contributed by atoms with Gasteiger partial charge in [-0.25, -0.2) is 0 Å². The van der Waals surface area contributed by atoms with Crippen LogP contribution < -0.4 is 25.8 Å². The minimum atomic E-state index is 0.363. The molecule has 7 heteroatoms. The summed E-state index contributed by atoms with van der Waals surface area (Å²) < 4.78 is 10.3. The molecule has 0 saturated heterocycles. The highest BCUT2D eigenvalue weighted by atomic mass is 16.5. The second-order valence-electron chi connectivity index (χ2n) is 5.21. The molecule has 1 heterocycles. The van der Waals surface area contributed by atoms with Crippen molar-refractivity contribution < 1.29 is 9.47 Å². The summed E-state index contributed by atoms with van der Waals surface area (Å²) in [5.41, 5.74) is 7.59. The first-order chi connectivity index (χ1) is 12.2. The SMILES string of the molecule is COc1ccc(Nc2cc(N)nc(Nc3ccc(OC)cc3)n2)cc1. The van der Waals surface area contributed by atoms with Gasteiger partial charge in [-0.2, -0.15) is 9.97 Å². The Labute approximate surface area is 145 Å². The van der Waals surface area contributed by atoms with Crippen molar-refractivity contribution in [2.24, 2.45) is 0 Å². The van der Waals surface area contributed by atoms with Crippen molar-refractivity contribution in [1.82, 2.24) is 9.97 Å². The van der Waals surface area contributed by atoms with Crippen molar-refractivity contribution in [3.8, 4) is 11.5 Å². The van der Waals surface area contributed by atoms with Crippen LogP contribution in [0, 0.1) is 0 Å². The molecule has 0 amide bonds. The lowest BCUT2D eigenvalue weighted by Crippen LogP contribution is -2.03. The van der Waals surface area contributed by atoms with Crippen molar-refractivity contribution in [2.75, 3.05) is 30.6 Å². The Morgan fingerprint density at radius 1 is 0.760 bits per heavy atom. The summed E-state index contributed by atoms with van der Waals surface area (Å²) in [6.45, 7) is 0. The average Bonchev–Trinajstić information content (AvgIpc) is 2.62. The van der Waals surface area contributed by atoms with Gasteiger partial charge >= 0.3 is 0 Å². The highest BCUT2D eigenvalue weighted by Crippen LogP contribution is 2.22. The van der Waals surface area contributed by atoms with E-state index in [2.05, 4.69) is 20.6 Å². The third-order valence-corrected chi connectivity index (χ3v) is 3.45. The molecule has 7 nitrogen and oxygen atoms in total. The molecule has 0 spiro atoms. The molecule has 0 fully saturated rings. The summed E-state index contributed by atoms with van der Waals surface area (Å²) in [4.78, 5) is 8.64. The zero-order valence-corrected chi connectivity index (χ0v) is 14.0. The van der Waals surface area contributed by atoms with Crippen molar-refractivity contribution in [1.29, 1.82) is 0 Å². The lowest BCUT2D eigenvalue weighted by atomic mass is 10.3. The lowest BCUT2D eigenvalue weighted by molar-refractivity contribution is 0.415. The zero-order chi connectivity index (χ0) is 17.6. The molecule has 0 bridgehead atoms. The second kappa shape index (κ2) is 7.39. The van der Waals surface area contributed by atoms with Crippen LogP contribution >= 0.6 is 0 Å². The molecule has 3 aromatic rings. The van der Waals surface area contributed by atoms with Crippen molar-refractivity contribution in [2.45, 2.75) is 0 Å². The molecule has 1 aromatic heterocycles. The molecule has 128 valence electrons. The van der Waals surface area contributed by atoms with Gasteiger partial charge in [-0.05, 0) is 48.5 Å². The van der Waals surface area contributed by atoms with Crippen LogP contribution in [0.3, 0.4) is 0 Å². The van der Waals surface area contributed by atoms with E-state index in [9.17, 15) is 0 Å². The average molecular weight is 337 g/mol. The van der Waals surface area contributed by atoms with E-state index in [4.69, 9.17) is 15.2 Å². The zero-order valence-electron chi connectivity index (χ0n) is 14.0. The van der Waals surface area contributed by atoms with E-state index >= 15 is 0 Å². The maximum Gasteiger partial charge on any atom is 0.231 e. The van der Waals surface area contributed by atoms with Crippen molar-refractivity contribution in [3.63, 3.8) is 0 Å². The van der Waals surface area contributed by atoms with Crippen LogP contribution in [-0.4, -0.2) is 24.2 Å². The maximum atomic E-state index is 5.89. The summed E-state index contributed by atoms with van der Waals surface area (Å²) >= 11 is 0. The van der Waals surface area contributed by atoms with Gasteiger partial charge in [-0.3, -0.25) is 0 Å². The predicted octanol–water partition coefficient (Wildman–Crippen LogP) is 3.56. The van der Waals surface area contributed by atoms with E-state index in [-0.39, 0.29) is 0 Å². The normalized spacial score (nSPS) is 10.2. The van der Waals surface area contributed by atoms with E-state index in [1.807, 2.05) is 48.5 Å². The fourth-order valence-corrected chi connectivity index (χ4v) is 2.21. The van der Waals surface area contributed by atoms with E-state index < -0.39 is 0 Å². The van der Waals surface area contributed by atoms with Crippen LogP contribution in [0.15, 0.2) is 54.6 Å². The Morgan fingerprint density at radius 2 is 1.28 bits per heavy atom. The Hall–Kier alpha value is -3.48. The van der Waals surface area contributed by atoms with Crippen LogP contribution in [0.25, 0.3) is 0 Å². The third kappa shape index (κ3) is 4.29. The van der Waals surface area contributed by atoms with Gasteiger partial charge < -0.3 is 25.8 Å². The van der Waals surface area contributed by atoms with Crippen LogP contribution in [0.4, 0.5) is 29.0 Å². The molecule has 0 aliphatic carbocycles. The van der Waals surface area contributed by atoms with Crippen LogP contribution in [0.5, 0.6) is 11.5 Å². The number of aromatic nitrogens is 2. The number of hydrogen-bond donors (Lipinski definition) is 3. The Morgan fingerprint density at radius 3 is 1.80 bits per heavy atom. The number of rotatable bonds is 6. The van der Waals surface area contributed by atoms with E-state index in [0.717, 1.165) is 22.9 Å². The van der Waals surface area contributed by atoms with Crippen LogP contribution in [0.2, 0.25) is 0 Å². The van der Waals surface area contributed by atoms with Gasteiger partial charge in [0.05, 0.1) is 14.2 Å². The lowest BCUT2D eigenvalue weighted by Gasteiger charge is -2.10.